The predicted molar refractivity (Wildman–Crippen MR) is 69.6 cm³/mol. The van der Waals surface area contributed by atoms with E-state index in [9.17, 15) is 0 Å². The normalized spacial score (nSPS) is 12.8. The summed E-state index contributed by atoms with van der Waals surface area (Å²) in [5, 5.41) is 1.06. The molecule has 1 atom stereocenters. The topological polar surface area (TPSA) is 38.9 Å². The fourth-order valence-corrected chi connectivity index (χ4v) is 2.54. The molecule has 0 saturated heterocycles. The molecule has 84 valence electrons. The van der Waals surface area contributed by atoms with Gasteiger partial charge in [0.05, 0.1) is 0 Å². The second-order valence-electron chi connectivity index (χ2n) is 4.17. The first kappa shape index (κ1) is 11.3. The quantitative estimate of drug-likeness (QED) is 0.861. The summed E-state index contributed by atoms with van der Waals surface area (Å²) in [5.41, 5.74) is 9.59. The van der Waals surface area contributed by atoms with Crippen LogP contribution in [-0.2, 0) is 0 Å². The molecule has 2 aromatic rings. The van der Waals surface area contributed by atoms with Gasteiger partial charge in [-0.15, -0.1) is 11.3 Å². The smallest absolute Gasteiger partial charge is 0.123 e. The van der Waals surface area contributed by atoms with Gasteiger partial charge in [0.25, 0.3) is 0 Å². The van der Waals surface area contributed by atoms with E-state index in [1.54, 1.807) is 11.3 Å². The Morgan fingerprint density at radius 3 is 2.69 bits per heavy atom. The average Bonchev–Trinajstić information content (AvgIpc) is 2.70. The molecule has 2 rings (SSSR count). The zero-order valence-corrected chi connectivity index (χ0v) is 10.6. The highest BCUT2D eigenvalue weighted by Gasteiger charge is 2.09. The lowest BCUT2D eigenvalue weighted by Gasteiger charge is -2.03. The Labute approximate surface area is 100 Å². The van der Waals surface area contributed by atoms with Crippen LogP contribution < -0.4 is 5.73 Å². The molecule has 0 spiro atoms. The summed E-state index contributed by atoms with van der Waals surface area (Å²) in [6.45, 7) is 6.20. The minimum absolute atomic E-state index is 0.0661. The highest BCUT2D eigenvalue weighted by Crippen LogP contribution is 2.30. The SMILES string of the molecule is Cc1ccc(C)c(-c2ncc(C(C)N)s2)c1. The summed E-state index contributed by atoms with van der Waals surface area (Å²) < 4.78 is 0. The van der Waals surface area contributed by atoms with Crippen molar-refractivity contribution in [3.63, 3.8) is 0 Å². The van der Waals surface area contributed by atoms with Crippen molar-refractivity contribution >= 4 is 11.3 Å². The minimum atomic E-state index is 0.0661. The van der Waals surface area contributed by atoms with E-state index in [0.717, 1.165) is 9.88 Å². The molecule has 1 unspecified atom stereocenters. The van der Waals surface area contributed by atoms with Crippen molar-refractivity contribution in [3.8, 4) is 10.6 Å². The molecule has 0 aliphatic carbocycles. The highest BCUT2D eigenvalue weighted by molar-refractivity contribution is 7.15. The Morgan fingerprint density at radius 1 is 1.31 bits per heavy atom. The van der Waals surface area contributed by atoms with E-state index >= 15 is 0 Å². The van der Waals surface area contributed by atoms with Crippen LogP contribution in [0, 0.1) is 13.8 Å². The Bertz CT molecular complexity index is 500. The zero-order valence-electron chi connectivity index (χ0n) is 9.82. The van der Waals surface area contributed by atoms with Gasteiger partial charge >= 0.3 is 0 Å². The molecule has 16 heavy (non-hydrogen) atoms. The van der Waals surface area contributed by atoms with Crippen LogP contribution in [0.5, 0.6) is 0 Å². The number of hydrogen-bond donors (Lipinski definition) is 1. The van der Waals surface area contributed by atoms with E-state index in [1.165, 1.54) is 16.7 Å². The van der Waals surface area contributed by atoms with Crippen molar-refractivity contribution in [3.05, 3.63) is 40.4 Å². The van der Waals surface area contributed by atoms with Gasteiger partial charge < -0.3 is 5.73 Å². The van der Waals surface area contributed by atoms with Gasteiger partial charge in [0, 0.05) is 22.7 Å². The standard InChI is InChI=1S/C13H16N2S/c1-8-4-5-9(2)11(6-8)13-15-7-12(16-13)10(3)14/h4-7,10H,14H2,1-3H3. The Balaban J connectivity index is 2.46. The second kappa shape index (κ2) is 4.36. The molecule has 0 aliphatic heterocycles. The van der Waals surface area contributed by atoms with Crippen LogP contribution in [0.25, 0.3) is 10.6 Å². The van der Waals surface area contributed by atoms with Crippen LogP contribution in [0.3, 0.4) is 0 Å². The lowest BCUT2D eigenvalue weighted by Crippen LogP contribution is -2.01. The van der Waals surface area contributed by atoms with E-state index in [0.29, 0.717) is 0 Å². The molecule has 3 heteroatoms. The fraction of sp³-hybridized carbons (Fsp3) is 0.308. The van der Waals surface area contributed by atoms with Crippen LogP contribution in [0.15, 0.2) is 24.4 Å². The maximum Gasteiger partial charge on any atom is 0.123 e. The first-order valence-corrected chi connectivity index (χ1v) is 6.18. The van der Waals surface area contributed by atoms with E-state index in [4.69, 9.17) is 5.73 Å². The van der Waals surface area contributed by atoms with Crippen LogP contribution >= 0.6 is 11.3 Å². The monoisotopic (exact) mass is 232 g/mol. The number of rotatable bonds is 2. The second-order valence-corrected chi connectivity index (χ2v) is 5.24. The van der Waals surface area contributed by atoms with Gasteiger partial charge in [-0.05, 0) is 32.4 Å². The Hall–Kier alpha value is -1.19. The maximum atomic E-state index is 5.84. The third-order valence-electron chi connectivity index (χ3n) is 2.60. The minimum Gasteiger partial charge on any atom is -0.323 e. The van der Waals surface area contributed by atoms with Crippen molar-refractivity contribution in [1.82, 2.24) is 4.98 Å². The third kappa shape index (κ3) is 2.15. The molecule has 1 aromatic heterocycles. The highest BCUT2D eigenvalue weighted by atomic mass is 32.1. The molecule has 1 heterocycles. The summed E-state index contributed by atoms with van der Waals surface area (Å²) >= 11 is 1.68. The van der Waals surface area contributed by atoms with Crippen molar-refractivity contribution in [2.24, 2.45) is 5.73 Å². The molecular weight excluding hydrogens is 216 g/mol. The summed E-state index contributed by atoms with van der Waals surface area (Å²) in [6.07, 6.45) is 1.88. The molecule has 0 aliphatic rings. The molecule has 2 N–H and O–H groups in total. The van der Waals surface area contributed by atoms with E-state index in [-0.39, 0.29) is 6.04 Å². The number of aromatic nitrogens is 1. The van der Waals surface area contributed by atoms with Crippen molar-refractivity contribution in [2.75, 3.05) is 0 Å². The Kier molecular flexibility index (Phi) is 3.08. The zero-order chi connectivity index (χ0) is 11.7. The lowest BCUT2D eigenvalue weighted by molar-refractivity contribution is 0.835. The fourth-order valence-electron chi connectivity index (χ4n) is 1.59. The van der Waals surface area contributed by atoms with Gasteiger partial charge in [-0.2, -0.15) is 0 Å². The summed E-state index contributed by atoms with van der Waals surface area (Å²) in [5.74, 6) is 0. The molecular formula is C13H16N2S. The number of aryl methyl sites for hydroxylation is 2. The van der Waals surface area contributed by atoms with Crippen molar-refractivity contribution < 1.29 is 0 Å². The van der Waals surface area contributed by atoms with Crippen LogP contribution in [0.2, 0.25) is 0 Å². The van der Waals surface area contributed by atoms with Gasteiger partial charge in [-0.1, -0.05) is 17.7 Å². The molecule has 0 bridgehead atoms. The van der Waals surface area contributed by atoms with Crippen LogP contribution in [0.4, 0.5) is 0 Å². The van der Waals surface area contributed by atoms with Crippen LogP contribution in [0.1, 0.15) is 29.0 Å². The van der Waals surface area contributed by atoms with Crippen molar-refractivity contribution in [2.45, 2.75) is 26.8 Å². The molecule has 2 nitrogen and oxygen atoms in total. The van der Waals surface area contributed by atoms with Gasteiger partial charge in [-0.3, -0.25) is 0 Å². The number of hydrogen-bond acceptors (Lipinski definition) is 3. The predicted octanol–water partition coefficient (Wildman–Crippen LogP) is 3.45. The molecule has 0 amide bonds. The van der Waals surface area contributed by atoms with Crippen molar-refractivity contribution in [1.29, 1.82) is 0 Å². The average molecular weight is 232 g/mol. The van der Waals surface area contributed by atoms with Gasteiger partial charge in [-0.25, -0.2) is 4.98 Å². The largest absolute Gasteiger partial charge is 0.323 e. The molecule has 0 saturated carbocycles. The first-order valence-electron chi connectivity index (χ1n) is 5.37. The summed E-state index contributed by atoms with van der Waals surface area (Å²) in [6, 6.07) is 6.51. The number of thiazole rings is 1. The van der Waals surface area contributed by atoms with E-state index in [1.807, 2.05) is 13.1 Å². The van der Waals surface area contributed by atoms with Gasteiger partial charge in [0.15, 0.2) is 0 Å². The first-order chi connectivity index (χ1) is 7.58. The maximum absolute atomic E-state index is 5.84. The Morgan fingerprint density at radius 2 is 2.06 bits per heavy atom. The molecule has 0 fully saturated rings. The van der Waals surface area contributed by atoms with E-state index < -0.39 is 0 Å². The van der Waals surface area contributed by atoms with Gasteiger partial charge in [0.2, 0.25) is 0 Å². The van der Waals surface area contributed by atoms with Crippen LogP contribution in [-0.4, -0.2) is 4.98 Å². The molecule has 0 radical (unpaired) electrons. The number of nitrogens with two attached hydrogens (primary N) is 1. The number of nitrogens with zero attached hydrogens (tertiary/aromatic N) is 1. The number of benzene rings is 1. The van der Waals surface area contributed by atoms with E-state index in [2.05, 4.69) is 37.0 Å². The van der Waals surface area contributed by atoms with Gasteiger partial charge in [0.1, 0.15) is 5.01 Å². The molecule has 1 aromatic carbocycles. The summed E-state index contributed by atoms with van der Waals surface area (Å²) in [4.78, 5) is 5.58. The third-order valence-corrected chi connectivity index (χ3v) is 3.83. The summed E-state index contributed by atoms with van der Waals surface area (Å²) in [7, 11) is 0. The lowest BCUT2D eigenvalue weighted by atomic mass is 10.1.